The molecule has 0 spiro atoms. The molecule has 2 amide bonds. The van der Waals surface area contributed by atoms with Gasteiger partial charge in [-0.2, -0.15) is 12.7 Å². The van der Waals surface area contributed by atoms with Crippen LogP contribution in [0.5, 0.6) is 0 Å². The number of nitrogens with two attached hydrogens (primary N) is 1. The first kappa shape index (κ1) is 13.6. The third-order valence-corrected chi connectivity index (χ3v) is 4.85. The number of nitrogens with one attached hydrogen (secondary N) is 1. The Hall–Kier alpha value is -0.840. The first-order valence-electron chi connectivity index (χ1n) is 5.38. The van der Waals surface area contributed by atoms with Crippen molar-refractivity contribution in [1.82, 2.24) is 14.5 Å². The highest BCUT2D eigenvalue weighted by molar-refractivity contribution is 8.14. The minimum absolute atomic E-state index is 0.164. The zero-order valence-corrected chi connectivity index (χ0v) is 11.2. The highest BCUT2D eigenvalue weighted by atomic mass is 32.2. The SMILES string of the molecule is NS(=O)(=O)N1CCN(C(=O)C2CSC(=O)N2)CC1. The van der Waals surface area contributed by atoms with Gasteiger partial charge in [0.05, 0.1) is 0 Å². The fourth-order valence-corrected chi connectivity index (χ4v) is 3.34. The molecule has 2 fully saturated rings. The molecule has 1 atom stereocenters. The van der Waals surface area contributed by atoms with Crippen molar-refractivity contribution in [2.45, 2.75) is 6.04 Å². The second-order valence-electron chi connectivity index (χ2n) is 4.06. The number of amides is 2. The molecule has 2 aliphatic rings. The number of piperazine rings is 1. The molecule has 0 radical (unpaired) electrons. The summed E-state index contributed by atoms with van der Waals surface area (Å²) >= 11 is 1.08. The van der Waals surface area contributed by atoms with E-state index in [-0.39, 0.29) is 24.2 Å². The molecule has 18 heavy (non-hydrogen) atoms. The Morgan fingerprint density at radius 2 is 1.94 bits per heavy atom. The van der Waals surface area contributed by atoms with Crippen LogP contribution < -0.4 is 10.5 Å². The molecular weight excluding hydrogens is 280 g/mol. The molecule has 0 bridgehead atoms. The normalized spacial score (nSPS) is 26.2. The van der Waals surface area contributed by atoms with Crippen LogP contribution in [0.15, 0.2) is 0 Å². The van der Waals surface area contributed by atoms with Gasteiger partial charge in [0.1, 0.15) is 6.04 Å². The van der Waals surface area contributed by atoms with Crippen LogP contribution in [0.25, 0.3) is 0 Å². The standard InChI is InChI=1S/C8H14N4O4S2/c9-18(15,16)12-3-1-11(2-4-12)7(13)6-5-17-8(14)10-6/h6H,1-5H2,(H,10,14)(H2,9,15,16). The third-order valence-electron chi connectivity index (χ3n) is 2.88. The Labute approximate surface area is 109 Å². The zero-order chi connectivity index (χ0) is 13.3. The van der Waals surface area contributed by atoms with Crippen molar-refractivity contribution < 1.29 is 18.0 Å². The lowest BCUT2D eigenvalue weighted by molar-refractivity contribution is -0.133. The molecule has 0 aromatic carbocycles. The van der Waals surface area contributed by atoms with E-state index >= 15 is 0 Å². The van der Waals surface area contributed by atoms with E-state index in [4.69, 9.17) is 5.14 Å². The van der Waals surface area contributed by atoms with Crippen LogP contribution in [0.1, 0.15) is 0 Å². The molecule has 2 heterocycles. The Bertz CT molecular complexity index is 458. The summed E-state index contributed by atoms with van der Waals surface area (Å²) < 4.78 is 23.3. The molecule has 0 aromatic heterocycles. The molecule has 10 heteroatoms. The summed E-state index contributed by atoms with van der Waals surface area (Å²) in [4.78, 5) is 24.6. The molecule has 2 saturated heterocycles. The fraction of sp³-hybridized carbons (Fsp3) is 0.750. The second kappa shape index (κ2) is 5.03. The number of carbonyl (C=O) groups is 2. The fourth-order valence-electron chi connectivity index (χ4n) is 1.90. The van der Waals surface area contributed by atoms with E-state index < -0.39 is 16.3 Å². The maximum absolute atomic E-state index is 12.0. The molecular formula is C8H14N4O4S2. The van der Waals surface area contributed by atoms with Gasteiger partial charge in [0, 0.05) is 31.9 Å². The highest BCUT2D eigenvalue weighted by Crippen LogP contribution is 2.16. The molecule has 0 aromatic rings. The number of hydrogen-bond donors (Lipinski definition) is 2. The van der Waals surface area contributed by atoms with Gasteiger partial charge in [-0.15, -0.1) is 0 Å². The number of nitrogens with zero attached hydrogens (tertiary/aromatic N) is 2. The summed E-state index contributed by atoms with van der Waals surface area (Å²) in [5, 5.41) is 7.38. The zero-order valence-electron chi connectivity index (χ0n) is 9.53. The van der Waals surface area contributed by atoms with Crippen LogP contribution >= 0.6 is 11.8 Å². The van der Waals surface area contributed by atoms with E-state index in [9.17, 15) is 18.0 Å². The minimum atomic E-state index is -3.68. The van der Waals surface area contributed by atoms with Crippen molar-refractivity contribution >= 4 is 33.1 Å². The van der Waals surface area contributed by atoms with Gasteiger partial charge in [0.15, 0.2) is 0 Å². The summed E-state index contributed by atoms with van der Waals surface area (Å²) in [6, 6.07) is -0.497. The summed E-state index contributed by atoms with van der Waals surface area (Å²) in [5.41, 5.74) is 0. The summed E-state index contributed by atoms with van der Waals surface area (Å²) in [7, 11) is -3.68. The van der Waals surface area contributed by atoms with Gasteiger partial charge in [0.2, 0.25) is 5.91 Å². The number of rotatable bonds is 2. The van der Waals surface area contributed by atoms with Crippen molar-refractivity contribution in [3.8, 4) is 0 Å². The van der Waals surface area contributed by atoms with Gasteiger partial charge >= 0.3 is 0 Å². The first-order valence-corrected chi connectivity index (χ1v) is 7.87. The van der Waals surface area contributed by atoms with Crippen LogP contribution in [0.3, 0.4) is 0 Å². The Kier molecular flexibility index (Phi) is 3.80. The molecule has 0 aliphatic carbocycles. The minimum Gasteiger partial charge on any atom is -0.338 e. The van der Waals surface area contributed by atoms with Crippen molar-refractivity contribution in [3.05, 3.63) is 0 Å². The van der Waals surface area contributed by atoms with Crippen molar-refractivity contribution in [2.75, 3.05) is 31.9 Å². The van der Waals surface area contributed by atoms with Gasteiger partial charge < -0.3 is 10.2 Å². The van der Waals surface area contributed by atoms with Gasteiger partial charge in [0.25, 0.3) is 15.4 Å². The Morgan fingerprint density at radius 1 is 1.33 bits per heavy atom. The maximum Gasteiger partial charge on any atom is 0.279 e. The third kappa shape index (κ3) is 2.94. The monoisotopic (exact) mass is 294 g/mol. The molecule has 2 rings (SSSR count). The Balaban J connectivity index is 1.90. The summed E-state index contributed by atoms with van der Waals surface area (Å²) in [6.45, 7) is 0.982. The van der Waals surface area contributed by atoms with Crippen molar-refractivity contribution in [2.24, 2.45) is 5.14 Å². The van der Waals surface area contributed by atoms with Crippen molar-refractivity contribution in [1.29, 1.82) is 0 Å². The molecule has 1 unspecified atom stereocenters. The van der Waals surface area contributed by atoms with Crippen LogP contribution in [0, 0.1) is 0 Å². The second-order valence-corrected chi connectivity index (χ2v) is 6.60. The lowest BCUT2D eigenvalue weighted by atomic mass is 10.2. The van der Waals surface area contributed by atoms with Crippen LogP contribution in [0.2, 0.25) is 0 Å². The van der Waals surface area contributed by atoms with E-state index in [0.29, 0.717) is 18.8 Å². The van der Waals surface area contributed by atoms with Gasteiger partial charge in [-0.1, -0.05) is 11.8 Å². The van der Waals surface area contributed by atoms with Crippen LogP contribution in [0.4, 0.5) is 4.79 Å². The van der Waals surface area contributed by atoms with Gasteiger partial charge in [-0.05, 0) is 0 Å². The van der Waals surface area contributed by atoms with Crippen molar-refractivity contribution in [3.63, 3.8) is 0 Å². The van der Waals surface area contributed by atoms with E-state index in [1.54, 1.807) is 4.90 Å². The summed E-state index contributed by atoms with van der Waals surface area (Å²) in [5.74, 6) is 0.259. The van der Waals surface area contributed by atoms with Gasteiger partial charge in [-0.25, -0.2) is 5.14 Å². The van der Waals surface area contributed by atoms with E-state index in [2.05, 4.69) is 5.32 Å². The van der Waals surface area contributed by atoms with E-state index in [1.807, 2.05) is 0 Å². The number of hydrogen-bond acceptors (Lipinski definition) is 5. The molecule has 0 saturated carbocycles. The Morgan fingerprint density at radius 3 is 2.39 bits per heavy atom. The summed E-state index contributed by atoms with van der Waals surface area (Å²) in [6.07, 6.45) is 0. The lowest BCUT2D eigenvalue weighted by Crippen LogP contribution is -2.55. The highest BCUT2D eigenvalue weighted by Gasteiger charge is 2.34. The molecule has 8 nitrogen and oxygen atoms in total. The smallest absolute Gasteiger partial charge is 0.279 e. The topological polar surface area (TPSA) is 113 Å². The largest absolute Gasteiger partial charge is 0.338 e. The van der Waals surface area contributed by atoms with Crippen LogP contribution in [-0.4, -0.2) is 66.7 Å². The number of carbonyl (C=O) groups excluding carboxylic acids is 2. The number of thioether (sulfide) groups is 1. The van der Waals surface area contributed by atoms with Gasteiger partial charge in [-0.3, -0.25) is 9.59 Å². The van der Waals surface area contributed by atoms with E-state index in [1.165, 1.54) is 0 Å². The molecule has 2 aliphatic heterocycles. The lowest BCUT2D eigenvalue weighted by Gasteiger charge is -2.34. The first-order chi connectivity index (χ1) is 8.38. The van der Waals surface area contributed by atoms with E-state index in [0.717, 1.165) is 16.1 Å². The maximum atomic E-state index is 12.0. The van der Waals surface area contributed by atoms with Crippen LogP contribution in [-0.2, 0) is 15.0 Å². The quantitative estimate of drug-likeness (QED) is 0.621. The average Bonchev–Trinajstić information content (AvgIpc) is 2.74. The molecule has 102 valence electrons. The predicted octanol–water partition coefficient (Wildman–Crippen LogP) is -1.84. The predicted molar refractivity (Wildman–Crippen MR) is 66.0 cm³/mol. The average molecular weight is 294 g/mol. The molecule has 3 N–H and O–H groups in total.